The summed E-state index contributed by atoms with van der Waals surface area (Å²) in [6.07, 6.45) is 11.5. The summed E-state index contributed by atoms with van der Waals surface area (Å²) >= 11 is 0. The Kier molecular flexibility index (Phi) is 8.28. The van der Waals surface area contributed by atoms with Gasteiger partial charge in [0, 0.05) is 22.6 Å². The van der Waals surface area contributed by atoms with Crippen molar-refractivity contribution in [1.82, 2.24) is 0 Å². The molecule has 1 aliphatic rings. The number of fused-ring (bicyclic) bond motifs is 1. The molecular formula is C33H36. The van der Waals surface area contributed by atoms with Crippen LogP contribution in [0, 0.1) is 35.5 Å². The first-order chi connectivity index (χ1) is 16.3. The van der Waals surface area contributed by atoms with Crippen molar-refractivity contribution in [1.29, 1.82) is 0 Å². The molecule has 0 saturated heterocycles. The van der Waals surface area contributed by atoms with Crippen molar-refractivity contribution in [2.75, 3.05) is 0 Å². The summed E-state index contributed by atoms with van der Waals surface area (Å²) in [4.78, 5) is 0. The van der Waals surface area contributed by atoms with Crippen LogP contribution in [0.25, 0.3) is 10.8 Å². The quantitative estimate of drug-likeness (QED) is 0.354. The molecule has 0 aromatic heterocycles. The molecule has 0 aliphatic heterocycles. The molecule has 33 heavy (non-hydrogen) atoms. The third-order valence-electron chi connectivity index (χ3n) is 6.99. The maximum atomic E-state index is 3.60. The highest BCUT2D eigenvalue weighted by molar-refractivity contribution is 5.93. The zero-order valence-electron chi connectivity index (χ0n) is 20.3. The number of unbranched alkanes of at least 4 members (excludes halogenated alkanes) is 1. The molecule has 1 aliphatic carbocycles. The Bertz CT molecular complexity index is 1170. The van der Waals surface area contributed by atoms with Crippen molar-refractivity contribution in [3.63, 3.8) is 0 Å². The maximum Gasteiger partial charge on any atom is 0.0328 e. The van der Waals surface area contributed by atoms with Gasteiger partial charge in [0.15, 0.2) is 0 Å². The van der Waals surface area contributed by atoms with Crippen LogP contribution in [0.2, 0.25) is 0 Å². The molecule has 0 spiro atoms. The molecule has 0 unspecified atom stereocenters. The molecule has 0 amide bonds. The Morgan fingerprint density at radius 3 is 2.00 bits per heavy atom. The van der Waals surface area contributed by atoms with Crippen LogP contribution in [-0.2, 0) is 6.42 Å². The lowest BCUT2D eigenvalue weighted by Crippen LogP contribution is -2.13. The molecule has 3 aromatic rings. The van der Waals surface area contributed by atoms with Crippen LogP contribution < -0.4 is 0 Å². The van der Waals surface area contributed by atoms with Crippen molar-refractivity contribution in [3.05, 3.63) is 82.9 Å². The first-order valence-corrected chi connectivity index (χ1v) is 12.9. The summed E-state index contributed by atoms with van der Waals surface area (Å²) in [5.74, 6) is 15.4. The van der Waals surface area contributed by atoms with Gasteiger partial charge < -0.3 is 0 Å². The smallest absolute Gasteiger partial charge is 0.0328 e. The van der Waals surface area contributed by atoms with E-state index in [-0.39, 0.29) is 0 Å². The number of benzene rings is 3. The zero-order valence-corrected chi connectivity index (χ0v) is 20.3. The standard InChI is InChI=1S/C33H36/c1-3-5-9-27-14-18-29(19-15-27)21-23-31-25-24-30(32-10-6-7-11-33(31)32)22-20-28-16-12-26(8-4-2)13-17-28/h6-7,10-11,14-15,18-19,24-26,28H,3-5,8-9,12-13,16-17H2,1-2H3/t26-,28-. The van der Waals surface area contributed by atoms with Crippen molar-refractivity contribution in [2.45, 2.75) is 71.6 Å². The predicted molar refractivity (Wildman–Crippen MR) is 142 cm³/mol. The molecule has 0 heterocycles. The van der Waals surface area contributed by atoms with Gasteiger partial charge >= 0.3 is 0 Å². The minimum atomic E-state index is 0.552. The van der Waals surface area contributed by atoms with Gasteiger partial charge in [0.1, 0.15) is 0 Å². The molecule has 0 nitrogen and oxygen atoms in total. The van der Waals surface area contributed by atoms with E-state index in [0.29, 0.717) is 5.92 Å². The van der Waals surface area contributed by atoms with Crippen molar-refractivity contribution in [2.24, 2.45) is 11.8 Å². The van der Waals surface area contributed by atoms with Gasteiger partial charge in [0.25, 0.3) is 0 Å². The van der Waals surface area contributed by atoms with E-state index in [0.717, 1.165) is 29.0 Å². The first kappa shape index (κ1) is 23.2. The average Bonchev–Trinajstić information content (AvgIpc) is 2.87. The van der Waals surface area contributed by atoms with Crippen LogP contribution in [0.15, 0.2) is 60.7 Å². The Hall–Kier alpha value is -2.96. The van der Waals surface area contributed by atoms with E-state index in [9.17, 15) is 0 Å². The molecule has 3 aromatic carbocycles. The van der Waals surface area contributed by atoms with E-state index in [1.54, 1.807) is 0 Å². The lowest BCUT2D eigenvalue weighted by molar-refractivity contribution is 0.300. The first-order valence-electron chi connectivity index (χ1n) is 12.9. The summed E-state index contributed by atoms with van der Waals surface area (Å²) in [5, 5.41) is 2.41. The summed E-state index contributed by atoms with van der Waals surface area (Å²) in [6, 6.07) is 21.6. The Labute approximate surface area is 200 Å². The highest BCUT2D eigenvalue weighted by atomic mass is 14.2. The minimum Gasteiger partial charge on any atom is -0.0945 e. The fourth-order valence-electron chi connectivity index (χ4n) is 4.98. The van der Waals surface area contributed by atoms with Crippen LogP contribution in [0.5, 0.6) is 0 Å². The van der Waals surface area contributed by atoms with Gasteiger partial charge in [-0.25, -0.2) is 0 Å². The second-order valence-corrected chi connectivity index (χ2v) is 9.53. The third kappa shape index (κ3) is 6.30. The summed E-state index contributed by atoms with van der Waals surface area (Å²) in [5.41, 5.74) is 4.68. The average molecular weight is 433 g/mol. The molecular weight excluding hydrogens is 396 g/mol. The molecule has 0 radical (unpaired) electrons. The molecule has 4 rings (SSSR count). The normalized spacial score (nSPS) is 17.6. The Morgan fingerprint density at radius 2 is 1.36 bits per heavy atom. The molecule has 168 valence electrons. The van der Waals surface area contributed by atoms with E-state index in [1.165, 1.54) is 67.7 Å². The Morgan fingerprint density at radius 1 is 0.697 bits per heavy atom. The van der Waals surface area contributed by atoms with Gasteiger partial charge in [-0.15, -0.1) is 0 Å². The fraction of sp³-hybridized carbons (Fsp3) is 0.394. The fourth-order valence-corrected chi connectivity index (χ4v) is 4.98. The van der Waals surface area contributed by atoms with Gasteiger partial charge in [0.05, 0.1) is 0 Å². The zero-order chi connectivity index (χ0) is 22.9. The van der Waals surface area contributed by atoms with Gasteiger partial charge in [0.2, 0.25) is 0 Å². The summed E-state index contributed by atoms with van der Waals surface area (Å²) in [6.45, 7) is 4.54. The lowest BCUT2D eigenvalue weighted by Gasteiger charge is -2.25. The predicted octanol–water partition coefficient (Wildman–Crippen LogP) is 8.54. The van der Waals surface area contributed by atoms with E-state index >= 15 is 0 Å². The van der Waals surface area contributed by atoms with E-state index in [1.807, 2.05) is 0 Å². The molecule has 0 atom stereocenters. The van der Waals surface area contributed by atoms with Crippen molar-refractivity contribution in [3.8, 4) is 23.7 Å². The molecule has 0 bridgehead atoms. The molecule has 0 heteroatoms. The maximum absolute atomic E-state index is 3.60. The number of aryl methyl sites for hydroxylation is 1. The van der Waals surface area contributed by atoms with E-state index in [4.69, 9.17) is 0 Å². The SMILES string of the molecule is CCCCc1ccc(C#Cc2ccc(C#C[C@H]3CC[C@H](CCC)CC3)c3ccccc23)cc1. The number of rotatable bonds is 5. The molecule has 0 N–H and O–H groups in total. The van der Waals surface area contributed by atoms with Gasteiger partial charge in [-0.3, -0.25) is 0 Å². The number of hydrogen-bond donors (Lipinski definition) is 0. The summed E-state index contributed by atoms with van der Waals surface area (Å²) in [7, 11) is 0. The van der Waals surface area contributed by atoms with Crippen molar-refractivity contribution >= 4 is 10.8 Å². The largest absolute Gasteiger partial charge is 0.0945 e. The highest BCUT2D eigenvalue weighted by Crippen LogP contribution is 2.31. The summed E-state index contributed by atoms with van der Waals surface area (Å²) < 4.78 is 0. The van der Waals surface area contributed by atoms with Gasteiger partial charge in [-0.1, -0.05) is 93.2 Å². The lowest BCUT2D eigenvalue weighted by atomic mass is 9.80. The second kappa shape index (κ2) is 11.8. The van der Waals surface area contributed by atoms with Crippen LogP contribution >= 0.6 is 0 Å². The molecule has 1 saturated carbocycles. The highest BCUT2D eigenvalue weighted by Gasteiger charge is 2.18. The van der Waals surface area contributed by atoms with Gasteiger partial charge in [-0.05, 0) is 85.0 Å². The van der Waals surface area contributed by atoms with E-state index < -0.39 is 0 Å². The van der Waals surface area contributed by atoms with Crippen LogP contribution in [0.3, 0.4) is 0 Å². The number of hydrogen-bond acceptors (Lipinski definition) is 0. The monoisotopic (exact) mass is 432 g/mol. The van der Waals surface area contributed by atoms with Crippen molar-refractivity contribution < 1.29 is 0 Å². The Balaban J connectivity index is 1.52. The minimum absolute atomic E-state index is 0.552. The topological polar surface area (TPSA) is 0 Å². The van der Waals surface area contributed by atoms with Crippen LogP contribution in [-0.4, -0.2) is 0 Å². The van der Waals surface area contributed by atoms with E-state index in [2.05, 4.69) is 98.2 Å². The third-order valence-corrected chi connectivity index (χ3v) is 6.99. The van der Waals surface area contributed by atoms with Crippen LogP contribution in [0.1, 0.15) is 87.5 Å². The second-order valence-electron chi connectivity index (χ2n) is 9.53. The van der Waals surface area contributed by atoms with Gasteiger partial charge in [-0.2, -0.15) is 0 Å². The molecule has 1 fully saturated rings. The van der Waals surface area contributed by atoms with Crippen LogP contribution in [0.4, 0.5) is 0 Å².